The SMILES string of the molecule is CCn1nccc1N1CCC[C@@H](NS(=O)(=O)c2cnn(C)c2)C1=O. The molecule has 0 aliphatic carbocycles. The number of piperidine rings is 1. The maximum absolute atomic E-state index is 12.7. The third kappa shape index (κ3) is 3.06. The van der Waals surface area contributed by atoms with Crippen LogP contribution in [0, 0.1) is 0 Å². The van der Waals surface area contributed by atoms with E-state index < -0.39 is 16.1 Å². The van der Waals surface area contributed by atoms with Gasteiger partial charge in [0.25, 0.3) is 0 Å². The molecule has 0 aromatic carbocycles. The molecule has 1 aliphatic rings. The van der Waals surface area contributed by atoms with Crippen molar-refractivity contribution in [3.8, 4) is 0 Å². The number of hydrogen-bond acceptors (Lipinski definition) is 5. The van der Waals surface area contributed by atoms with Crippen molar-refractivity contribution in [2.45, 2.75) is 37.2 Å². The second kappa shape index (κ2) is 6.36. The topological polar surface area (TPSA) is 102 Å². The van der Waals surface area contributed by atoms with Gasteiger partial charge in [-0.3, -0.25) is 14.4 Å². The van der Waals surface area contributed by atoms with Gasteiger partial charge in [-0.25, -0.2) is 13.1 Å². The number of nitrogens with zero attached hydrogens (tertiary/aromatic N) is 5. The Kier molecular flexibility index (Phi) is 4.41. The molecule has 1 saturated heterocycles. The number of hydrogen-bond donors (Lipinski definition) is 1. The van der Waals surface area contributed by atoms with Crippen molar-refractivity contribution in [1.82, 2.24) is 24.3 Å². The Morgan fingerprint density at radius 3 is 2.83 bits per heavy atom. The van der Waals surface area contributed by atoms with Gasteiger partial charge in [-0.05, 0) is 19.8 Å². The second-order valence-corrected chi connectivity index (χ2v) is 7.37. The van der Waals surface area contributed by atoms with E-state index in [1.807, 2.05) is 6.92 Å². The smallest absolute Gasteiger partial charge is 0.246 e. The number of carbonyl (C=O) groups is 1. The van der Waals surface area contributed by atoms with E-state index in [2.05, 4.69) is 14.9 Å². The first-order valence-electron chi connectivity index (χ1n) is 7.76. The van der Waals surface area contributed by atoms with Gasteiger partial charge < -0.3 is 0 Å². The number of nitrogens with one attached hydrogen (secondary N) is 1. The number of anilines is 1. The minimum absolute atomic E-state index is 0.0496. The first kappa shape index (κ1) is 16.7. The van der Waals surface area contributed by atoms with Gasteiger partial charge in [0.1, 0.15) is 16.8 Å². The standard InChI is InChI=1S/C14H20N6O3S/c1-3-20-13(6-7-15-20)19-8-4-5-12(14(19)21)17-24(22,23)11-9-16-18(2)10-11/h6-7,9-10,12,17H,3-5,8H2,1-2H3/t12-/m1/s1. The molecule has 1 aliphatic heterocycles. The molecule has 9 nitrogen and oxygen atoms in total. The lowest BCUT2D eigenvalue weighted by atomic mass is 10.1. The van der Waals surface area contributed by atoms with Crippen LogP contribution in [0.2, 0.25) is 0 Å². The molecule has 3 heterocycles. The van der Waals surface area contributed by atoms with Gasteiger partial charge in [-0.1, -0.05) is 0 Å². The number of amides is 1. The Balaban J connectivity index is 1.81. The van der Waals surface area contributed by atoms with Crippen LogP contribution >= 0.6 is 0 Å². The van der Waals surface area contributed by atoms with Crippen LogP contribution in [0.5, 0.6) is 0 Å². The quantitative estimate of drug-likeness (QED) is 0.823. The molecule has 24 heavy (non-hydrogen) atoms. The number of sulfonamides is 1. The summed E-state index contributed by atoms with van der Waals surface area (Å²) in [6.07, 6.45) is 5.48. The summed E-state index contributed by atoms with van der Waals surface area (Å²) in [5.41, 5.74) is 0. The van der Waals surface area contributed by atoms with Crippen molar-refractivity contribution in [1.29, 1.82) is 0 Å². The highest BCUT2D eigenvalue weighted by molar-refractivity contribution is 7.89. The molecule has 3 rings (SSSR count). The van der Waals surface area contributed by atoms with Gasteiger partial charge >= 0.3 is 0 Å². The van der Waals surface area contributed by atoms with Crippen molar-refractivity contribution in [2.24, 2.45) is 7.05 Å². The van der Waals surface area contributed by atoms with Gasteiger partial charge in [-0.2, -0.15) is 14.9 Å². The minimum Gasteiger partial charge on any atom is -0.296 e. The third-order valence-electron chi connectivity index (χ3n) is 4.00. The van der Waals surface area contributed by atoms with Crippen LogP contribution in [0.15, 0.2) is 29.6 Å². The number of aromatic nitrogens is 4. The van der Waals surface area contributed by atoms with Gasteiger partial charge in [0.15, 0.2) is 0 Å². The molecule has 2 aromatic rings. The van der Waals surface area contributed by atoms with E-state index in [1.165, 1.54) is 17.1 Å². The number of carbonyl (C=O) groups excluding carboxylic acids is 1. The zero-order valence-corrected chi connectivity index (χ0v) is 14.4. The molecule has 130 valence electrons. The maximum Gasteiger partial charge on any atom is 0.246 e. The van der Waals surface area contributed by atoms with Crippen LogP contribution in [0.1, 0.15) is 19.8 Å². The van der Waals surface area contributed by atoms with Crippen LogP contribution in [0.25, 0.3) is 0 Å². The highest BCUT2D eigenvalue weighted by Crippen LogP contribution is 2.22. The highest BCUT2D eigenvalue weighted by Gasteiger charge is 2.34. The predicted molar refractivity (Wildman–Crippen MR) is 86.8 cm³/mol. The molecule has 0 spiro atoms. The summed E-state index contributed by atoms with van der Waals surface area (Å²) in [7, 11) is -2.15. The Morgan fingerprint density at radius 1 is 1.38 bits per heavy atom. The number of rotatable bonds is 5. The molecule has 1 atom stereocenters. The molecule has 0 unspecified atom stereocenters. The van der Waals surface area contributed by atoms with Crippen LogP contribution in [0.4, 0.5) is 5.82 Å². The first-order valence-corrected chi connectivity index (χ1v) is 9.25. The maximum atomic E-state index is 12.7. The van der Waals surface area contributed by atoms with E-state index in [4.69, 9.17) is 0 Å². The zero-order valence-electron chi connectivity index (χ0n) is 13.6. The Labute approximate surface area is 140 Å². The fourth-order valence-electron chi connectivity index (χ4n) is 2.80. The Bertz CT molecular complexity index is 840. The molecule has 10 heteroatoms. The summed E-state index contributed by atoms with van der Waals surface area (Å²) in [5, 5.41) is 8.03. The molecule has 1 amide bonds. The van der Waals surface area contributed by atoms with Crippen molar-refractivity contribution >= 4 is 21.7 Å². The lowest BCUT2D eigenvalue weighted by molar-refractivity contribution is -0.121. The van der Waals surface area contributed by atoms with E-state index >= 15 is 0 Å². The lowest BCUT2D eigenvalue weighted by Gasteiger charge is -2.32. The van der Waals surface area contributed by atoms with E-state index in [0.29, 0.717) is 31.7 Å². The van der Waals surface area contributed by atoms with Crippen LogP contribution in [-0.2, 0) is 28.4 Å². The van der Waals surface area contributed by atoms with Crippen LogP contribution < -0.4 is 9.62 Å². The monoisotopic (exact) mass is 352 g/mol. The Morgan fingerprint density at radius 2 is 2.17 bits per heavy atom. The second-order valence-electron chi connectivity index (χ2n) is 5.66. The fraction of sp³-hybridized carbons (Fsp3) is 0.500. The predicted octanol–water partition coefficient (Wildman–Crippen LogP) is 0.110. The van der Waals surface area contributed by atoms with Gasteiger partial charge in [0.05, 0.1) is 12.4 Å². The van der Waals surface area contributed by atoms with Crippen LogP contribution in [0.3, 0.4) is 0 Å². The van der Waals surface area contributed by atoms with Crippen molar-refractivity contribution in [3.05, 3.63) is 24.7 Å². The molecule has 2 aromatic heterocycles. The molecule has 0 saturated carbocycles. The lowest BCUT2D eigenvalue weighted by Crippen LogP contribution is -2.52. The summed E-state index contributed by atoms with van der Waals surface area (Å²) in [4.78, 5) is 14.4. The van der Waals surface area contributed by atoms with E-state index in [1.54, 1.807) is 28.9 Å². The van der Waals surface area contributed by atoms with E-state index in [0.717, 1.165) is 0 Å². The summed E-state index contributed by atoms with van der Waals surface area (Å²) in [6.45, 7) is 3.13. The van der Waals surface area contributed by atoms with Crippen molar-refractivity contribution < 1.29 is 13.2 Å². The normalized spacial score (nSPS) is 19.0. The highest BCUT2D eigenvalue weighted by atomic mass is 32.2. The summed E-state index contributed by atoms with van der Waals surface area (Å²) >= 11 is 0. The fourth-order valence-corrected chi connectivity index (χ4v) is 4.01. The summed E-state index contributed by atoms with van der Waals surface area (Å²) in [6, 6.07) is 0.975. The molecule has 1 fully saturated rings. The molecule has 1 N–H and O–H groups in total. The van der Waals surface area contributed by atoms with E-state index in [9.17, 15) is 13.2 Å². The van der Waals surface area contributed by atoms with Gasteiger partial charge in [0.2, 0.25) is 15.9 Å². The molecular formula is C14H20N6O3S. The van der Waals surface area contributed by atoms with Crippen molar-refractivity contribution in [3.63, 3.8) is 0 Å². The Hall–Kier alpha value is -2.20. The minimum atomic E-state index is -3.78. The van der Waals surface area contributed by atoms with E-state index in [-0.39, 0.29) is 10.8 Å². The molecule has 0 radical (unpaired) electrons. The van der Waals surface area contributed by atoms with Gasteiger partial charge in [-0.15, -0.1) is 0 Å². The van der Waals surface area contributed by atoms with Gasteiger partial charge in [0, 0.05) is 32.4 Å². The molecular weight excluding hydrogens is 332 g/mol. The summed E-state index contributed by atoms with van der Waals surface area (Å²) in [5.74, 6) is 0.427. The third-order valence-corrected chi connectivity index (χ3v) is 5.42. The average molecular weight is 352 g/mol. The largest absolute Gasteiger partial charge is 0.296 e. The number of aryl methyl sites for hydroxylation is 2. The first-order chi connectivity index (χ1) is 11.4. The zero-order chi connectivity index (χ0) is 17.3. The summed E-state index contributed by atoms with van der Waals surface area (Å²) < 4.78 is 30.5. The molecule has 0 bridgehead atoms. The average Bonchev–Trinajstić information content (AvgIpc) is 3.18. The van der Waals surface area contributed by atoms with Crippen LogP contribution in [-0.4, -0.2) is 46.5 Å². The van der Waals surface area contributed by atoms with Crippen molar-refractivity contribution in [2.75, 3.05) is 11.4 Å².